The summed E-state index contributed by atoms with van der Waals surface area (Å²) in [6.07, 6.45) is 1.42. The van der Waals surface area contributed by atoms with Gasteiger partial charge in [-0.3, -0.25) is 0 Å². The zero-order valence-corrected chi connectivity index (χ0v) is 8.02. The van der Waals surface area contributed by atoms with Gasteiger partial charge in [-0.1, -0.05) is 6.42 Å². The second kappa shape index (κ2) is 5.82. The van der Waals surface area contributed by atoms with Gasteiger partial charge in [0.2, 0.25) is 0 Å². The number of aliphatic hydroxyl groups is 2. The van der Waals surface area contributed by atoms with Crippen LogP contribution in [0, 0.1) is 0 Å². The molecule has 0 radical (unpaired) electrons. The van der Waals surface area contributed by atoms with Crippen LogP contribution in [-0.4, -0.2) is 41.8 Å². The minimum absolute atomic E-state index is 0.0678. The van der Waals surface area contributed by atoms with Gasteiger partial charge in [-0.25, -0.2) is 4.79 Å². The average molecular weight is 204 g/mol. The fraction of sp³-hybridized carbons (Fsp3) is 0.889. The summed E-state index contributed by atoms with van der Waals surface area (Å²) in [6.45, 7) is -0.288. The Bertz CT molecular complexity index is 182. The van der Waals surface area contributed by atoms with Crippen molar-refractivity contribution in [2.75, 3.05) is 13.2 Å². The predicted molar refractivity (Wildman–Crippen MR) is 47.8 cm³/mol. The number of carbonyl (C=O) groups excluding carboxylic acids is 1. The van der Waals surface area contributed by atoms with Crippen molar-refractivity contribution in [3.8, 4) is 0 Å². The van der Waals surface area contributed by atoms with Gasteiger partial charge in [0.15, 0.2) is 0 Å². The molecule has 2 N–H and O–H groups in total. The highest BCUT2D eigenvalue weighted by molar-refractivity contribution is 5.60. The first-order valence-electron chi connectivity index (χ1n) is 4.86. The highest BCUT2D eigenvalue weighted by Gasteiger charge is 2.26. The van der Waals surface area contributed by atoms with E-state index < -0.39 is 18.4 Å². The minimum atomic E-state index is -0.815. The molecule has 0 heterocycles. The first kappa shape index (κ1) is 11.3. The first-order valence-corrected chi connectivity index (χ1v) is 4.86. The Balaban J connectivity index is 2.23. The normalized spacial score (nSPS) is 27.0. The first-order chi connectivity index (χ1) is 6.74. The van der Waals surface area contributed by atoms with Crippen molar-refractivity contribution in [1.82, 2.24) is 0 Å². The van der Waals surface area contributed by atoms with Gasteiger partial charge < -0.3 is 19.7 Å². The number of rotatable bonds is 3. The molecule has 1 fully saturated rings. The molecule has 1 rings (SSSR count). The van der Waals surface area contributed by atoms with E-state index in [1.807, 2.05) is 0 Å². The van der Waals surface area contributed by atoms with Gasteiger partial charge in [-0.15, -0.1) is 0 Å². The summed E-state index contributed by atoms with van der Waals surface area (Å²) in [5.74, 6) is 0. The third-order valence-corrected chi connectivity index (χ3v) is 2.23. The van der Waals surface area contributed by atoms with Gasteiger partial charge >= 0.3 is 6.16 Å². The predicted octanol–water partition coefficient (Wildman–Crippen LogP) is 0.435. The molecule has 0 saturated heterocycles. The highest BCUT2D eigenvalue weighted by atomic mass is 16.7. The van der Waals surface area contributed by atoms with Crippen LogP contribution in [0.25, 0.3) is 0 Å². The largest absolute Gasteiger partial charge is 0.508 e. The van der Waals surface area contributed by atoms with E-state index in [0.717, 1.165) is 12.8 Å². The van der Waals surface area contributed by atoms with Gasteiger partial charge in [-0.2, -0.15) is 0 Å². The van der Waals surface area contributed by atoms with Crippen molar-refractivity contribution in [2.24, 2.45) is 0 Å². The Kier molecular flexibility index (Phi) is 4.69. The molecule has 1 aliphatic carbocycles. The molecule has 0 aliphatic heterocycles. The Labute approximate surface area is 82.6 Å². The quantitative estimate of drug-likeness (QED) is 0.652. The van der Waals surface area contributed by atoms with Crippen LogP contribution in [0.5, 0.6) is 0 Å². The molecule has 0 aromatic heterocycles. The summed E-state index contributed by atoms with van der Waals surface area (Å²) in [4.78, 5) is 10.9. The molecule has 2 atom stereocenters. The zero-order valence-electron chi connectivity index (χ0n) is 8.02. The average Bonchev–Trinajstić information content (AvgIpc) is 2.18. The Morgan fingerprint density at radius 1 is 1.36 bits per heavy atom. The lowest BCUT2D eigenvalue weighted by Gasteiger charge is -2.26. The zero-order chi connectivity index (χ0) is 10.4. The van der Waals surface area contributed by atoms with Gasteiger partial charge in [-0.05, 0) is 19.3 Å². The second-order valence-corrected chi connectivity index (χ2v) is 3.33. The smallest absolute Gasteiger partial charge is 0.432 e. The Morgan fingerprint density at radius 2 is 2.07 bits per heavy atom. The van der Waals surface area contributed by atoms with Gasteiger partial charge in [0.05, 0.1) is 12.7 Å². The maximum atomic E-state index is 10.9. The fourth-order valence-corrected chi connectivity index (χ4v) is 1.50. The molecule has 0 amide bonds. The van der Waals surface area contributed by atoms with Crippen LogP contribution in [0.1, 0.15) is 25.7 Å². The van der Waals surface area contributed by atoms with E-state index in [-0.39, 0.29) is 13.2 Å². The standard InChI is InChI=1S/C9H16O5/c10-5-6-13-9(12)14-8-4-2-1-3-7(8)11/h7-8,10-11H,1-6H2. The van der Waals surface area contributed by atoms with E-state index in [1.54, 1.807) is 0 Å². The molecular formula is C9H16O5. The van der Waals surface area contributed by atoms with Crippen LogP contribution in [0.2, 0.25) is 0 Å². The van der Waals surface area contributed by atoms with Crippen molar-refractivity contribution >= 4 is 6.16 Å². The Hall–Kier alpha value is -0.810. The van der Waals surface area contributed by atoms with Crippen LogP contribution in [0.4, 0.5) is 4.79 Å². The second-order valence-electron chi connectivity index (χ2n) is 3.33. The molecule has 5 nitrogen and oxygen atoms in total. The van der Waals surface area contributed by atoms with Crippen molar-refractivity contribution < 1.29 is 24.5 Å². The van der Waals surface area contributed by atoms with Crippen molar-refractivity contribution in [1.29, 1.82) is 0 Å². The van der Waals surface area contributed by atoms with Crippen LogP contribution >= 0.6 is 0 Å². The molecular weight excluding hydrogens is 188 g/mol. The summed E-state index contributed by atoms with van der Waals surface area (Å²) >= 11 is 0. The SMILES string of the molecule is O=C(OCCO)OC1CCCCC1O. The number of carbonyl (C=O) groups is 1. The maximum absolute atomic E-state index is 10.9. The number of hydrogen-bond donors (Lipinski definition) is 2. The number of hydrogen-bond acceptors (Lipinski definition) is 5. The summed E-state index contributed by atoms with van der Waals surface area (Å²) in [5.41, 5.74) is 0. The Morgan fingerprint density at radius 3 is 2.71 bits per heavy atom. The monoisotopic (exact) mass is 204 g/mol. The third-order valence-electron chi connectivity index (χ3n) is 2.23. The van der Waals surface area contributed by atoms with Gasteiger partial charge in [0, 0.05) is 0 Å². The molecule has 0 spiro atoms. The third kappa shape index (κ3) is 3.51. The summed E-state index contributed by atoms with van der Waals surface area (Å²) in [7, 11) is 0. The van der Waals surface area contributed by atoms with E-state index >= 15 is 0 Å². The topological polar surface area (TPSA) is 76.0 Å². The number of aliphatic hydroxyl groups excluding tert-OH is 2. The van der Waals surface area contributed by atoms with Crippen LogP contribution in [0.3, 0.4) is 0 Å². The van der Waals surface area contributed by atoms with E-state index in [4.69, 9.17) is 9.84 Å². The van der Waals surface area contributed by atoms with E-state index in [9.17, 15) is 9.90 Å². The summed E-state index contributed by atoms with van der Waals surface area (Å²) < 4.78 is 9.40. The molecule has 0 bridgehead atoms. The maximum Gasteiger partial charge on any atom is 0.508 e. The molecule has 1 aliphatic rings. The van der Waals surface area contributed by atoms with E-state index in [0.29, 0.717) is 12.8 Å². The molecule has 0 aromatic carbocycles. The molecule has 14 heavy (non-hydrogen) atoms. The molecule has 0 aromatic rings. The van der Waals surface area contributed by atoms with Gasteiger partial charge in [0.1, 0.15) is 12.7 Å². The lowest BCUT2D eigenvalue weighted by molar-refractivity contribution is -0.0514. The fourth-order valence-electron chi connectivity index (χ4n) is 1.50. The summed E-state index contributed by atoms with van der Waals surface area (Å²) in [5, 5.41) is 17.9. The number of ether oxygens (including phenoxy) is 2. The van der Waals surface area contributed by atoms with Crippen LogP contribution in [0.15, 0.2) is 0 Å². The van der Waals surface area contributed by atoms with Gasteiger partial charge in [0.25, 0.3) is 0 Å². The van der Waals surface area contributed by atoms with Crippen molar-refractivity contribution in [2.45, 2.75) is 37.9 Å². The van der Waals surface area contributed by atoms with Crippen LogP contribution in [-0.2, 0) is 9.47 Å². The molecule has 1 saturated carbocycles. The van der Waals surface area contributed by atoms with Crippen LogP contribution < -0.4 is 0 Å². The summed E-state index contributed by atoms with van der Waals surface area (Å²) in [6, 6.07) is 0. The minimum Gasteiger partial charge on any atom is -0.432 e. The lowest BCUT2D eigenvalue weighted by Crippen LogP contribution is -2.34. The molecule has 5 heteroatoms. The van der Waals surface area contributed by atoms with Crippen molar-refractivity contribution in [3.63, 3.8) is 0 Å². The van der Waals surface area contributed by atoms with E-state index in [1.165, 1.54) is 0 Å². The highest BCUT2D eigenvalue weighted by Crippen LogP contribution is 2.21. The molecule has 2 unspecified atom stereocenters. The van der Waals surface area contributed by atoms with E-state index in [2.05, 4.69) is 4.74 Å². The molecule has 82 valence electrons. The van der Waals surface area contributed by atoms with Crippen molar-refractivity contribution in [3.05, 3.63) is 0 Å². The lowest BCUT2D eigenvalue weighted by atomic mass is 9.95.